The Morgan fingerprint density at radius 2 is 2.15 bits per heavy atom. The van der Waals surface area contributed by atoms with Gasteiger partial charge in [0, 0.05) is 17.3 Å². The van der Waals surface area contributed by atoms with Gasteiger partial charge in [0.1, 0.15) is 6.04 Å². The van der Waals surface area contributed by atoms with Gasteiger partial charge in [0.05, 0.1) is 10.3 Å². The average Bonchev–Trinajstić information content (AvgIpc) is 3.15. The van der Waals surface area contributed by atoms with Crippen LogP contribution < -0.4 is 5.32 Å². The molecule has 0 aromatic carbocycles. The number of nitrogens with one attached hydrogen (secondary N) is 1. The molecule has 1 aliphatic heterocycles. The summed E-state index contributed by atoms with van der Waals surface area (Å²) in [5.41, 5.74) is 0. The van der Waals surface area contributed by atoms with Crippen LogP contribution >= 0.6 is 27.3 Å². The molecule has 2 amide bonds. The van der Waals surface area contributed by atoms with Crippen LogP contribution in [0, 0.1) is 5.92 Å². The van der Waals surface area contributed by atoms with E-state index in [1.165, 1.54) is 0 Å². The molecule has 2 aliphatic rings. The molecule has 3 rings (SSSR count). The lowest BCUT2D eigenvalue weighted by Crippen LogP contribution is -2.47. The lowest BCUT2D eigenvalue weighted by molar-refractivity contribution is -0.136. The quantitative estimate of drug-likeness (QED) is 0.904. The summed E-state index contributed by atoms with van der Waals surface area (Å²) in [6.07, 6.45) is 2.48. The van der Waals surface area contributed by atoms with Crippen molar-refractivity contribution in [3.8, 4) is 0 Å². The third-order valence-corrected chi connectivity index (χ3v) is 5.54. The number of thiophene rings is 1. The van der Waals surface area contributed by atoms with E-state index in [-0.39, 0.29) is 23.9 Å². The number of hydrogen-bond donors (Lipinski definition) is 1. The van der Waals surface area contributed by atoms with E-state index in [0.29, 0.717) is 18.9 Å². The van der Waals surface area contributed by atoms with Gasteiger partial charge in [-0.3, -0.25) is 9.59 Å². The van der Waals surface area contributed by atoms with E-state index in [1.807, 2.05) is 24.0 Å². The van der Waals surface area contributed by atoms with E-state index in [0.717, 1.165) is 21.5 Å². The summed E-state index contributed by atoms with van der Waals surface area (Å²) < 4.78 is 1.07. The fourth-order valence-electron chi connectivity index (χ4n) is 2.66. The highest BCUT2D eigenvalue weighted by Gasteiger charge is 2.42. The summed E-state index contributed by atoms with van der Waals surface area (Å²) in [7, 11) is 0. The molecule has 1 aromatic heterocycles. The lowest BCUT2D eigenvalue weighted by atomic mass is 10.1. The van der Waals surface area contributed by atoms with Crippen LogP contribution in [0.15, 0.2) is 15.9 Å². The molecule has 0 radical (unpaired) electrons. The summed E-state index contributed by atoms with van der Waals surface area (Å²) in [5, 5.41) is 2.91. The van der Waals surface area contributed by atoms with Crippen LogP contribution in [0.3, 0.4) is 0 Å². The SMILES string of the molecule is CC1CC(=O)NC(C2CC2)C(=O)N1Cc1ccc(Br)s1. The van der Waals surface area contributed by atoms with Gasteiger partial charge in [-0.2, -0.15) is 0 Å². The van der Waals surface area contributed by atoms with Crippen molar-refractivity contribution in [2.75, 3.05) is 0 Å². The topological polar surface area (TPSA) is 49.4 Å². The maximum Gasteiger partial charge on any atom is 0.246 e. The van der Waals surface area contributed by atoms with Crippen molar-refractivity contribution < 1.29 is 9.59 Å². The number of hydrogen-bond acceptors (Lipinski definition) is 3. The van der Waals surface area contributed by atoms with Crippen LogP contribution in [-0.4, -0.2) is 28.8 Å². The fourth-order valence-corrected chi connectivity index (χ4v) is 4.14. The minimum Gasteiger partial charge on any atom is -0.344 e. The minimum atomic E-state index is -0.309. The zero-order valence-corrected chi connectivity index (χ0v) is 13.7. The number of nitrogens with zero attached hydrogens (tertiary/aromatic N) is 1. The Hall–Kier alpha value is -0.880. The molecule has 1 aliphatic carbocycles. The molecule has 1 N–H and O–H groups in total. The Labute approximate surface area is 130 Å². The molecule has 1 saturated heterocycles. The van der Waals surface area contributed by atoms with Gasteiger partial charge in [0.25, 0.3) is 0 Å². The van der Waals surface area contributed by atoms with Crippen LogP contribution in [0.5, 0.6) is 0 Å². The molecule has 108 valence electrons. The zero-order chi connectivity index (χ0) is 14.3. The first-order valence-electron chi connectivity index (χ1n) is 6.88. The molecule has 2 heterocycles. The monoisotopic (exact) mass is 356 g/mol. The molecule has 4 nitrogen and oxygen atoms in total. The second-order valence-corrected chi connectivity index (χ2v) is 8.16. The highest BCUT2D eigenvalue weighted by Crippen LogP contribution is 2.35. The second-order valence-electron chi connectivity index (χ2n) is 5.61. The van der Waals surface area contributed by atoms with E-state index in [9.17, 15) is 9.59 Å². The Balaban J connectivity index is 1.81. The molecule has 1 saturated carbocycles. The maximum atomic E-state index is 12.7. The number of halogens is 1. The average molecular weight is 357 g/mol. The van der Waals surface area contributed by atoms with Crippen molar-refractivity contribution in [3.63, 3.8) is 0 Å². The Kier molecular flexibility index (Phi) is 3.86. The Morgan fingerprint density at radius 1 is 1.40 bits per heavy atom. The lowest BCUT2D eigenvalue weighted by Gasteiger charge is -2.28. The highest BCUT2D eigenvalue weighted by molar-refractivity contribution is 9.11. The van der Waals surface area contributed by atoms with Crippen LogP contribution in [0.1, 0.15) is 31.1 Å². The molecule has 0 spiro atoms. The Morgan fingerprint density at radius 3 is 2.75 bits per heavy atom. The fraction of sp³-hybridized carbons (Fsp3) is 0.571. The summed E-state index contributed by atoms with van der Waals surface area (Å²) in [6.45, 7) is 2.55. The van der Waals surface area contributed by atoms with Crippen LogP contribution in [0.25, 0.3) is 0 Å². The molecule has 2 fully saturated rings. The van der Waals surface area contributed by atoms with Crippen molar-refractivity contribution in [3.05, 3.63) is 20.8 Å². The van der Waals surface area contributed by atoms with Gasteiger partial charge in [0.2, 0.25) is 11.8 Å². The van der Waals surface area contributed by atoms with Crippen LogP contribution in [0.2, 0.25) is 0 Å². The highest BCUT2D eigenvalue weighted by atomic mass is 79.9. The van der Waals surface area contributed by atoms with Crippen molar-refractivity contribution in [2.45, 2.75) is 44.8 Å². The molecular weight excluding hydrogens is 340 g/mol. The van der Waals surface area contributed by atoms with E-state index in [2.05, 4.69) is 21.2 Å². The van der Waals surface area contributed by atoms with Crippen LogP contribution in [0.4, 0.5) is 0 Å². The molecule has 20 heavy (non-hydrogen) atoms. The molecule has 0 bridgehead atoms. The van der Waals surface area contributed by atoms with Crippen molar-refractivity contribution in [1.29, 1.82) is 0 Å². The van der Waals surface area contributed by atoms with E-state index < -0.39 is 0 Å². The predicted octanol–water partition coefficient (Wildman–Crippen LogP) is 2.53. The third kappa shape index (κ3) is 2.91. The first-order chi connectivity index (χ1) is 9.54. The minimum absolute atomic E-state index is 0.00221. The van der Waals surface area contributed by atoms with E-state index in [4.69, 9.17) is 0 Å². The summed E-state index contributed by atoms with van der Waals surface area (Å²) in [4.78, 5) is 27.6. The normalized spacial score (nSPS) is 27.4. The molecule has 2 atom stereocenters. The third-order valence-electron chi connectivity index (χ3n) is 3.93. The van der Waals surface area contributed by atoms with Gasteiger partial charge < -0.3 is 10.2 Å². The summed E-state index contributed by atoms with van der Waals surface area (Å²) in [5.74, 6) is 0.419. The van der Waals surface area contributed by atoms with Gasteiger partial charge >= 0.3 is 0 Å². The van der Waals surface area contributed by atoms with Gasteiger partial charge in [-0.1, -0.05) is 0 Å². The predicted molar refractivity (Wildman–Crippen MR) is 81.3 cm³/mol. The standard InChI is InChI=1S/C14H17BrN2O2S/c1-8-6-12(18)16-13(9-2-3-9)14(19)17(8)7-10-4-5-11(15)20-10/h4-5,8-9,13H,2-3,6-7H2,1H3,(H,16,18). The van der Waals surface area contributed by atoms with Crippen molar-refractivity contribution >= 4 is 39.1 Å². The van der Waals surface area contributed by atoms with Gasteiger partial charge in [0.15, 0.2) is 0 Å². The van der Waals surface area contributed by atoms with E-state index in [1.54, 1.807) is 11.3 Å². The van der Waals surface area contributed by atoms with Gasteiger partial charge in [-0.05, 0) is 53.7 Å². The molecule has 2 unspecified atom stereocenters. The van der Waals surface area contributed by atoms with E-state index >= 15 is 0 Å². The summed E-state index contributed by atoms with van der Waals surface area (Å²) >= 11 is 5.08. The van der Waals surface area contributed by atoms with Gasteiger partial charge in [-0.25, -0.2) is 0 Å². The van der Waals surface area contributed by atoms with Gasteiger partial charge in [-0.15, -0.1) is 11.3 Å². The molecule has 1 aromatic rings. The first-order valence-corrected chi connectivity index (χ1v) is 8.49. The number of rotatable bonds is 3. The number of carbonyl (C=O) groups excluding carboxylic acids is 2. The number of amides is 2. The van der Waals surface area contributed by atoms with Crippen molar-refractivity contribution in [1.82, 2.24) is 10.2 Å². The summed E-state index contributed by atoms with van der Waals surface area (Å²) in [6, 6.07) is 3.67. The Bertz CT molecular complexity index is 541. The maximum absolute atomic E-state index is 12.7. The smallest absolute Gasteiger partial charge is 0.246 e. The zero-order valence-electron chi connectivity index (χ0n) is 11.3. The molecule has 6 heteroatoms. The van der Waals surface area contributed by atoms with Crippen molar-refractivity contribution in [2.24, 2.45) is 5.92 Å². The largest absolute Gasteiger partial charge is 0.344 e. The second kappa shape index (κ2) is 5.48. The number of carbonyl (C=O) groups is 2. The van der Waals surface area contributed by atoms with Crippen LogP contribution in [-0.2, 0) is 16.1 Å². The molecular formula is C14H17BrN2O2S. The first kappa shape index (κ1) is 14.1.